The van der Waals surface area contributed by atoms with E-state index in [2.05, 4.69) is 23.4 Å². The first kappa shape index (κ1) is 14.9. The van der Waals surface area contributed by atoms with Crippen LogP contribution in [0.5, 0.6) is 0 Å². The Morgan fingerprint density at radius 2 is 1.52 bits per heavy atom. The second-order valence-corrected chi connectivity index (χ2v) is 5.84. The lowest BCUT2D eigenvalue weighted by Crippen LogP contribution is -2.01. The van der Waals surface area contributed by atoms with Crippen molar-refractivity contribution in [2.75, 3.05) is 0 Å². The molecular weight excluding hydrogens is 308 g/mol. The van der Waals surface area contributed by atoms with Crippen molar-refractivity contribution < 1.29 is 5.21 Å². The first-order valence-corrected chi connectivity index (χ1v) is 7.95. The van der Waals surface area contributed by atoms with Crippen molar-refractivity contribution in [3.05, 3.63) is 95.6 Å². The molecule has 0 unspecified atom stereocenters. The van der Waals surface area contributed by atoms with Gasteiger partial charge in [-0.1, -0.05) is 71.9 Å². The normalized spacial score (nSPS) is 15.5. The monoisotopic (exact) mass is 322 g/mol. The minimum Gasteiger partial charge on any atom is -0.410 e. The molecule has 3 aromatic rings. The van der Waals surface area contributed by atoms with Crippen molar-refractivity contribution in [3.63, 3.8) is 0 Å². The summed E-state index contributed by atoms with van der Waals surface area (Å²) in [5, 5.41) is 24.8. The molecule has 0 radical (unpaired) electrons. The van der Waals surface area contributed by atoms with Gasteiger partial charge in [-0.15, -0.1) is 0 Å². The molecule has 3 aromatic carbocycles. The van der Waals surface area contributed by atoms with Crippen molar-refractivity contribution in [2.24, 2.45) is 5.16 Å². The van der Waals surface area contributed by atoms with Gasteiger partial charge in [0.2, 0.25) is 0 Å². The van der Waals surface area contributed by atoms with Gasteiger partial charge < -0.3 is 5.21 Å². The van der Waals surface area contributed by atoms with E-state index >= 15 is 0 Å². The van der Waals surface area contributed by atoms with Gasteiger partial charge >= 0.3 is 0 Å². The molecule has 1 N–H and O–H groups in total. The van der Waals surface area contributed by atoms with Crippen LogP contribution in [-0.4, -0.2) is 10.9 Å². The Labute approximate surface area is 145 Å². The molecule has 0 atom stereocenters. The van der Waals surface area contributed by atoms with E-state index in [1.54, 1.807) is 0 Å². The third kappa shape index (κ3) is 2.50. The van der Waals surface area contributed by atoms with Crippen LogP contribution < -0.4 is 0 Å². The summed E-state index contributed by atoms with van der Waals surface area (Å²) in [7, 11) is 0. The number of allylic oxidation sites excluding steroid dienone is 4. The van der Waals surface area contributed by atoms with Gasteiger partial charge in [-0.25, -0.2) is 0 Å². The topological polar surface area (TPSA) is 56.4 Å². The largest absolute Gasteiger partial charge is 0.410 e. The molecular formula is C22H14N2O. The third-order valence-corrected chi connectivity index (χ3v) is 4.41. The highest BCUT2D eigenvalue weighted by molar-refractivity contribution is 6.40. The molecule has 0 heterocycles. The molecule has 0 saturated heterocycles. The second-order valence-electron chi connectivity index (χ2n) is 5.84. The van der Waals surface area contributed by atoms with Gasteiger partial charge in [0.15, 0.2) is 0 Å². The number of fused-ring (bicyclic) bond motifs is 1. The van der Waals surface area contributed by atoms with E-state index in [9.17, 15) is 10.5 Å². The maximum atomic E-state index is 9.60. The summed E-state index contributed by atoms with van der Waals surface area (Å²) in [4.78, 5) is 0. The number of hydrogen-bond acceptors (Lipinski definition) is 3. The Balaban J connectivity index is 1.88. The van der Waals surface area contributed by atoms with Crippen LogP contribution in [0.25, 0.3) is 21.9 Å². The minimum atomic E-state index is 0.316. The number of oxime groups is 1. The van der Waals surface area contributed by atoms with Gasteiger partial charge in [0, 0.05) is 11.1 Å². The molecule has 0 bridgehead atoms. The lowest BCUT2D eigenvalue weighted by Gasteiger charge is -2.06. The highest BCUT2D eigenvalue weighted by atomic mass is 16.4. The summed E-state index contributed by atoms with van der Waals surface area (Å²) in [6.07, 6.45) is 1.92. The van der Waals surface area contributed by atoms with Crippen molar-refractivity contribution in [2.45, 2.75) is 0 Å². The molecule has 0 aliphatic heterocycles. The standard InChI is InChI=1S/C22H14N2O/c23-14-21-19(16-7-2-1-3-8-16)13-20(22(21)24-25)18-11-10-15-6-4-5-9-17(15)12-18/h1-13,25H. The summed E-state index contributed by atoms with van der Waals surface area (Å²) >= 11 is 0. The molecule has 4 rings (SSSR count). The number of benzene rings is 3. The minimum absolute atomic E-state index is 0.316. The molecule has 0 amide bonds. The summed E-state index contributed by atoms with van der Waals surface area (Å²) in [5.74, 6) is 0. The van der Waals surface area contributed by atoms with Crippen LogP contribution >= 0.6 is 0 Å². The van der Waals surface area contributed by atoms with Crippen LogP contribution in [0.15, 0.2) is 89.6 Å². The first-order valence-electron chi connectivity index (χ1n) is 7.95. The van der Waals surface area contributed by atoms with E-state index in [-0.39, 0.29) is 0 Å². The zero-order chi connectivity index (χ0) is 17.2. The number of nitriles is 1. The van der Waals surface area contributed by atoms with E-state index in [4.69, 9.17) is 0 Å². The van der Waals surface area contributed by atoms with Gasteiger partial charge in [0.1, 0.15) is 11.8 Å². The number of rotatable bonds is 2. The van der Waals surface area contributed by atoms with Gasteiger partial charge in [-0.05, 0) is 34.0 Å². The SMILES string of the molecule is N#CC1=C(c2ccccc2)C=C(c2ccc3ccccc3c2)C1=NO. The quantitative estimate of drug-likeness (QED) is 0.530. The highest BCUT2D eigenvalue weighted by Crippen LogP contribution is 2.36. The van der Waals surface area contributed by atoms with Gasteiger partial charge in [0.25, 0.3) is 0 Å². The Morgan fingerprint density at radius 3 is 2.24 bits per heavy atom. The number of nitrogens with zero attached hydrogens (tertiary/aromatic N) is 2. The van der Waals surface area contributed by atoms with Crippen LogP contribution in [0.4, 0.5) is 0 Å². The smallest absolute Gasteiger partial charge is 0.128 e. The fraction of sp³-hybridized carbons (Fsp3) is 0. The Morgan fingerprint density at radius 1 is 0.800 bits per heavy atom. The highest BCUT2D eigenvalue weighted by Gasteiger charge is 2.26. The van der Waals surface area contributed by atoms with Crippen molar-refractivity contribution in [1.82, 2.24) is 0 Å². The van der Waals surface area contributed by atoms with E-state index in [0.717, 1.165) is 33.0 Å². The molecule has 0 saturated carbocycles. The molecule has 118 valence electrons. The average Bonchev–Trinajstić information content (AvgIpc) is 3.07. The molecule has 0 aromatic heterocycles. The molecule has 25 heavy (non-hydrogen) atoms. The Kier molecular flexibility index (Phi) is 3.64. The van der Waals surface area contributed by atoms with Gasteiger partial charge in [-0.3, -0.25) is 0 Å². The Hall–Kier alpha value is -3.64. The predicted octanol–water partition coefficient (Wildman–Crippen LogP) is 5.04. The lowest BCUT2D eigenvalue weighted by molar-refractivity contribution is 0.320. The summed E-state index contributed by atoms with van der Waals surface area (Å²) in [5.41, 5.74) is 4.08. The Bertz CT molecular complexity index is 1100. The summed E-state index contributed by atoms with van der Waals surface area (Å²) < 4.78 is 0. The summed E-state index contributed by atoms with van der Waals surface area (Å²) in [6.45, 7) is 0. The van der Waals surface area contributed by atoms with Crippen LogP contribution in [-0.2, 0) is 0 Å². The first-order chi connectivity index (χ1) is 12.3. The van der Waals surface area contributed by atoms with Crippen molar-refractivity contribution in [3.8, 4) is 6.07 Å². The molecule has 0 fully saturated rings. The molecule has 3 nitrogen and oxygen atoms in total. The zero-order valence-electron chi connectivity index (χ0n) is 13.3. The van der Waals surface area contributed by atoms with Gasteiger partial charge in [0.05, 0.1) is 5.57 Å². The lowest BCUT2D eigenvalue weighted by atomic mass is 9.98. The second kappa shape index (κ2) is 6.10. The van der Waals surface area contributed by atoms with E-state index < -0.39 is 0 Å². The fourth-order valence-electron chi connectivity index (χ4n) is 3.19. The van der Waals surface area contributed by atoms with Crippen LogP contribution in [0.2, 0.25) is 0 Å². The van der Waals surface area contributed by atoms with Crippen molar-refractivity contribution in [1.29, 1.82) is 5.26 Å². The summed E-state index contributed by atoms with van der Waals surface area (Å²) in [6, 6.07) is 26.0. The van der Waals surface area contributed by atoms with E-state index in [1.165, 1.54) is 0 Å². The fourth-order valence-corrected chi connectivity index (χ4v) is 3.19. The molecule has 0 spiro atoms. The van der Waals surface area contributed by atoms with Gasteiger partial charge in [-0.2, -0.15) is 5.26 Å². The molecule has 3 heteroatoms. The third-order valence-electron chi connectivity index (χ3n) is 4.41. The van der Waals surface area contributed by atoms with Crippen LogP contribution in [0.3, 0.4) is 0 Å². The maximum Gasteiger partial charge on any atom is 0.128 e. The van der Waals surface area contributed by atoms with E-state index in [1.807, 2.05) is 66.7 Å². The number of hydrogen-bond donors (Lipinski definition) is 1. The maximum absolute atomic E-state index is 9.60. The van der Waals surface area contributed by atoms with Crippen LogP contribution in [0, 0.1) is 11.3 Å². The van der Waals surface area contributed by atoms with Crippen LogP contribution in [0.1, 0.15) is 11.1 Å². The molecule has 1 aliphatic rings. The van der Waals surface area contributed by atoms with Crippen molar-refractivity contribution >= 4 is 27.6 Å². The zero-order valence-corrected chi connectivity index (χ0v) is 13.3. The average molecular weight is 322 g/mol. The molecule has 1 aliphatic carbocycles. The van der Waals surface area contributed by atoms with E-state index in [0.29, 0.717) is 11.3 Å². The predicted molar refractivity (Wildman–Crippen MR) is 100 cm³/mol.